The zero-order valence-electron chi connectivity index (χ0n) is 9.70. The van der Waals surface area contributed by atoms with Gasteiger partial charge in [-0.2, -0.15) is 11.8 Å². The number of pyridine rings is 1. The second-order valence-electron chi connectivity index (χ2n) is 4.04. The highest BCUT2D eigenvalue weighted by Crippen LogP contribution is 2.21. The van der Waals surface area contributed by atoms with Crippen LogP contribution in [-0.4, -0.2) is 29.1 Å². The first-order chi connectivity index (χ1) is 7.88. The predicted molar refractivity (Wildman–Crippen MR) is 72.4 cm³/mol. The van der Waals surface area contributed by atoms with Crippen molar-refractivity contribution < 1.29 is 0 Å². The number of rotatable bonds is 5. The molecule has 0 bridgehead atoms. The molecule has 2 heterocycles. The van der Waals surface area contributed by atoms with Gasteiger partial charge >= 0.3 is 0 Å². The quantitative estimate of drug-likeness (QED) is 0.825. The van der Waals surface area contributed by atoms with E-state index < -0.39 is 0 Å². The van der Waals surface area contributed by atoms with Crippen LogP contribution in [0.1, 0.15) is 19.8 Å². The fourth-order valence-electron chi connectivity index (χ4n) is 1.72. The van der Waals surface area contributed by atoms with E-state index in [9.17, 15) is 0 Å². The third kappa shape index (κ3) is 3.30. The van der Waals surface area contributed by atoms with Crippen molar-refractivity contribution in [2.45, 2.75) is 25.8 Å². The summed E-state index contributed by atoms with van der Waals surface area (Å²) in [7, 11) is 0. The molecule has 1 atom stereocenters. The summed E-state index contributed by atoms with van der Waals surface area (Å²) in [5.41, 5.74) is 0. The lowest BCUT2D eigenvalue weighted by Crippen LogP contribution is -2.19. The van der Waals surface area contributed by atoms with Gasteiger partial charge in [-0.3, -0.25) is 0 Å². The number of hydrogen-bond donors (Lipinski definition) is 2. The summed E-state index contributed by atoms with van der Waals surface area (Å²) in [6.07, 6.45) is 2.37. The van der Waals surface area contributed by atoms with E-state index in [0.717, 1.165) is 24.6 Å². The Hall–Kier alpha value is -0.900. The van der Waals surface area contributed by atoms with E-state index in [4.69, 9.17) is 0 Å². The van der Waals surface area contributed by atoms with Crippen molar-refractivity contribution in [2.24, 2.45) is 0 Å². The molecule has 1 aromatic heterocycles. The fourth-order valence-corrected chi connectivity index (χ4v) is 2.88. The molecule has 0 aromatic carbocycles. The fraction of sp³-hybridized carbons (Fsp3) is 0.583. The van der Waals surface area contributed by atoms with Crippen LogP contribution < -0.4 is 10.6 Å². The lowest BCUT2D eigenvalue weighted by atomic mass is 10.2. The smallest absolute Gasteiger partial charge is 0.128 e. The van der Waals surface area contributed by atoms with Crippen LogP contribution in [0.25, 0.3) is 0 Å². The molecule has 0 aliphatic carbocycles. The molecule has 3 nitrogen and oxygen atoms in total. The largest absolute Gasteiger partial charge is 0.370 e. The van der Waals surface area contributed by atoms with Crippen molar-refractivity contribution in [1.82, 2.24) is 4.98 Å². The number of aromatic nitrogens is 1. The Morgan fingerprint density at radius 1 is 1.44 bits per heavy atom. The number of nitrogens with one attached hydrogen (secondary N) is 2. The van der Waals surface area contributed by atoms with E-state index in [1.165, 1.54) is 17.9 Å². The van der Waals surface area contributed by atoms with Crippen LogP contribution in [0.15, 0.2) is 18.2 Å². The first-order valence-corrected chi connectivity index (χ1v) is 7.09. The highest BCUT2D eigenvalue weighted by molar-refractivity contribution is 7.99. The van der Waals surface area contributed by atoms with Crippen molar-refractivity contribution in [3.63, 3.8) is 0 Å². The maximum Gasteiger partial charge on any atom is 0.128 e. The Bertz CT molecular complexity index is 324. The van der Waals surface area contributed by atoms with Gasteiger partial charge in [-0.25, -0.2) is 4.98 Å². The molecule has 0 saturated carbocycles. The number of nitrogens with zero attached hydrogens (tertiary/aromatic N) is 1. The molecule has 4 heteroatoms. The van der Waals surface area contributed by atoms with Gasteiger partial charge in [-0.1, -0.05) is 13.0 Å². The van der Waals surface area contributed by atoms with Gasteiger partial charge < -0.3 is 10.6 Å². The lowest BCUT2D eigenvalue weighted by molar-refractivity contribution is 0.807. The first-order valence-electron chi connectivity index (χ1n) is 5.93. The third-order valence-electron chi connectivity index (χ3n) is 2.59. The second kappa shape index (κ2) is 5.99. The topological polar surface area (TPSA) is 37.0 Å². The van der Waals surface area contributed by atoms with E-state index in [0.29, 0.717) is 6.04 Å². The molecular formula is C12H19N3S. The average Bonchev–Trinajstić information content (AvgIpc) is 2.80. The molecular weight excluding hydrogens is 218 g/mol. The van der Waals surface area contributed by atoms with Crippen LogP contribution in [0.3, 0.4) is 0 Å². The van der Waals surface area contributed by atoms with Crippen molar-refractivity contribution in [2.75, 3.05) is 28.7 Å². The van der Waals surface area contributed by atoms with Gasteiger partial charge in [0.15, 0.2) is 0 Å². The van der Waals surface area contributed by atoms with Gasteiger partial charge in [-0.05, 0) is 30.7 Å². The van der Waals surface area contributed by atoms with Crippen LogP contribution in [0.5, 0.6) is 0 Å². The maximum atomic E-state index is 4.54. The van der Waals surface area contributed by atoms with Crippen molar-refractivity contribution in [3.8, 4) is 0 Å². The Morgan fingerprint density at radius 3 is 3.06 bits per heavy atom. The SMILES string of the molecule is CCCNc1cccc(NC2CCSC2)n1. The average molecular weight is 237 g/mol. The summed E-state index contributed by atoms with van der Waals surface area (Å²) < 4.78 is 0. The minimum Gasteiger partial charge on any atom is -0.370 e. The second-order valence-corrected chi connectivity index (χ2v) is 5.19. The van der Waals surface area contributed by atoms with Crippen molar-refractivity contribution >= 4 is 23.4 Å². The first kappa shape index (κ1) is 11.6. The zero-order valence-corrected chi connectivity index (χ0v) is 10.5. The molecule has 1 saturated heterocycles. The van der Waals surface area contributed by atoms with Crippen molar-refractivity contribution in [3.05, 3.63) is 18.2 Å². The summed E-state index contributed by atoms with van der Waals surface area (Å²) in [6.45, 7) is 3.14. The summed E-state index contributed by atoms with van der Waals surface area (Å²) in [6, 6.07) is 6.71. The molecule has 0 radical (unpaired) electrons. The molecule has 2 N–H and O–H groups in total. The minimum atomic E-state index is 0.596. The molecule has 1 aromatic rings. The normalized spacial score (nSPS) is 19.7. The van der Waals surface area contributed by atoms with E-state index in [-0.39, 0.29) is 0 Å². The summed E-state index contributed by atoms with van der Waals surface area (Å²) >= 11 is 2.01. The number of thioether (sulfide) groups is 1. The Kier molecular flexibility index (Phi) is 4.34. The molecule has 0 spiro atoms. The van der Waals surface area contributed by atoms with Gasteiger partial charge in [0.1, 0.15) is 11.6 Å². The van der Waals surface area contributed by atoms with Gasteiger partial charge in [0.25, 0.3) is 0 Å². The molecule has 16 heavy (non-hydrogen) atoms. The summed E-state index contributed by atoms with van der Waals surface area (Å²) in [5.74, 6) is 4.44. The van der Waals surface area contributed by atoms with E-state index in [2.05, 4.69) is 28.6 Å². The lowest BCUT2D eigenvalue weighted by Gasteiger charge is -2.13. The Balaban J connectivity index is 1.92. The minimum absolute atomic E-state index is 0.596. The van der Waals surface area contributed by atoms with Crippen LogP contribution in [0.4, 0.5) is 11.6 Å². The Morgan fingerprint density at radius 2 is 2.31 bits per heavy atom. The van der Waals surface area contributed by atoms with E-state index >= 15 is 0 Å². The van der Waals surface area contributed by atoms with Crippen molar-refractivity contribution in [1.29, 1.82) is 0 Å². The molecule has 1 aliphatic rings. The van der Waals surface area contributed by atoms with Gasteiger partial charge in [0.2, 0.25) is 0 Å². The molecule has 1 aliphatic heterocycles. The number of anilines is 2. The van der Waals surface area contributed by atoms with Gasteiger partial charge in [-0.15, -0.1) is 0 Å². The van der Waals surface area contributed by atoms with Crippen LogP contribution >= 0.6 is 11.8 Å². The number of hydrogen-bond acceptors (Lipinski definition) is 4. The maximum absolute atomic E-state index is 4.54. The standard InChI is InChI=1S/C12H19N3S/c1-2-7-13-11-4-3-5-12(15-11)14-10-6-8-16-9-10/h3-5,10H,2,6-9H2,1H3,(H2,13,14,15). The highest BCUT2D eigenvalue weighted by atomic mass is 32.2. The van der Waals surface area contributed by atoms with Crippen LogP contribution in [0, 0.1) is 0 Å². The summed E-state index contributed by atoms with van der Waals surface area (Å²) in [4.78, 5) is 4.54. The Labute approximate surface area is 101 Å². The van der Waals surface area contributed by atoms with Gasteiger partial charge in [0.05, 0.1) is 0 Å². The summed E-state index contributed by atoms with van der Waals surface area (Å²) in [5, 5.41) is 6.79. The molecule has 2 rings (SSSR count). The molecule has 1 fully saturated rings. The molecule has 0 amide bonds. The van der Waals surface area contributed by atoms with Gasteiger partial charge in [0, 0.05) is 18.3 Å². The van der Waals surface area contributed by atoms with E-state index in [1.54, 1.807) is 0 Å². The predicted octanol–water partition coefficient (Wildman–Crippen LogP) is 2.82. The van der Waals surface area contributed by atoms with Crippen LogP contribution in [0.2, 0.25) is 0 Å². The highest BCUT2D eigenvalue weighted by Gasteiger charge is 2.15. The zero-order chi connectivity index (χ0) is 11.2. The van der Waals surface area contributed by atoms with E-state index in [1.807, 2.05) is 23.9 Å². The molecule has 88 valence electrons. The molecule has 1 unspecified atom stereocenters. The third-order valence-corrected chi connectivity index (χ3v) is 3.75. The van der Waals surface area contributed by atoms with Crippen LogP contribution in [-0.2, 0) is 0 Å². The monoisotopic (exact) mass is 237 g/mol.